The van der Waals surface area contributed by atoms with Crippen molar-refractivity contribution in [2.24, 2.45) is 0 Å². The van der Waals surface area contributed by atoms with E-state index in [4.69, 9.17) is 9.47 Å². The summed E-state index contributed by atoms with van der Waals surface area (Å²) in [5, 5.41) is 3.71. The second-order valence-corrected chi connectivity index (χ2v) is 7.56. The number of nitrogens with one attached hydrogen (secondary N) is 1. The summed E-state index contributed by atoms with van der Waals surface area (Å²) in [5.74, 6) is 1.51. The quantitative estimate of drug-likeness (QED) is 0.584. The summed E-state index contributed by atoms with van der Waals surface area (Å²) < 4.78 is 12.7. The van der Waals surface area contributed by atoms with Crippen molar-refractivity contribution in [2.75, 3.05) is 17.9 Å². The van der Waals surface area contributed by atoms with E-state index in [1.165, 1.54) is 28.6 Å². The number of fused-ring (bicyclic) bond motifs is 1. The zero-order valence-electron chi connectivity index (χ0n) is 16.5. The van der Waals surface area contributed by atoms with Gasteiger partial charge in [0.05, 0.1) is 11.4 Å². The number of aromatic nitrogens is 2. The first kappa shape index (κ1) is 19.4. The fraction of sp³-hybridized carbons (Fsp3) is 0.273. The number of carbonyl (C=O) groups is 1. The number of nitrogens with zero attached hydrogens (tertiary/aromatic N) is 2. The molecule has 2 heterocycles. The van der Waals surface area contributed by atoms with Gasteiger partial charge in [0, 0.05) is 24.1 Å². The molecule has 3 aromatic rings. The highest BCUT2D eigenvalue weighted by Crippen LogP contribution is 2.34. The number of hydrogen-bond donors (Lipinski definition) is 1. The first-order valence-electron chi connectivity index (χ1n) is 9.66. The van der Waals surface area contributed by atoms with E-state index in [1.807, 2.05) is 12.3 Å². The number of anilines is 1. The van der Waals surface area contributed by atoms with Crippen molar-refractivity contribution in [1.29, 1.82) is 0 Å². The van der Waals surface area contributed by atoms with Gasteiger partial charge in [-0.1, -0.05) is 43.8 Å². The molecule has 6 nitrogen and oxygen atoms in total. The molecule has 7 heteroatoms. The van der Waals surface area contributed by atoms with E-state index in [9.17, 15) is 4.79 Å². The van der Waals surface area contributed by atoms with Gasteiger partial charge in [-0.05, 0) is 36.1 Å². The Hall–Kier alpha value is -2.93. The van der Waals surface area contributed by atoms with E-state index in [0.717, 1.165) is 18.0 Å². The lowest BCUT2D eigenvalue weighted by Gasteiger charge is -2.16. The summed E-state index contributed by atoms with van der Waals surface area (Å²) in [5.41, 5.74) is 4.41. The summed E-state index contributed by atoms with van der Waals surface area (Å²) in [6.45, 7) is 4.52. The molecule has 0 saturated carbocycles. The number of hydrogen-bond acceptors (Lipinski definition) is 5. The van der Waals surface area contributed by atoms with E-state index in [0.29, 0.717) is 17.2 Å². The van der Waals surface area contributed by atoms with Crippen molar-refractivity contribution < 1.29 is 14.3 Å². The number of para-hydroxylation sites is 1. The number of thioether (sulfide) groups is 1. The summed E-state index contributed by atoms with van der Waals surface area (Å²) in [6, 6.07) is 11.8. The van der Waals surface area contributed by atoms with Gasteiger partial charge in [0.1, 0.15) is 0 Å². The van der Waals surface area contributed by atoms with Crippen LogP contribution in [0.25, 0.3) is 5.69 Å². The average Bonchev–Trinajstić information content (AvgIpc) is 3.40. The normalized spacial score (nSPS) is 12.2. The molecule has 0 spiro atoms. The lowest BCUT2D eigenvalue weighted by Crippen LogP contribution is -2.14. The molecule has 1 amide bonds. The Morgan fingerprint density at radius 3 is 2.66 bits per heavy atom. The second kappa shape index (κ2) is 8.61. The molecule has 1 aliphatic rings. The van der Waals surface area contributed by atoms with Crippen molar-refractivity contribution in [1.82, 2.24) is 9.55 Å². The summed E-state index contributed by atoms with van der Waals surface area (Å²) >= 11 is 1.42. The number of imidazole rings is 1. The molecule has 0 unspecified atom stereocenters. The molecule has 150 valence electrons. The molecule has 1 N–H and O–H groups in total. The SMILES string of the molecule is CCc1cccc(CC)c1-n1ccnc1SCC(=O)Nc1ccc2c(c1)OCO2. The Kier molecular flexibility index (Phi) is 5.76. The summed E-state index contributed by atoms with van der Waals surface area (Å²) in [6.07, 6.45) is 5.63. The van der Waals surface area contributed by atoms with Crippen LogP contribution in [0, 0.1) is 0 Å². The highest BCUT2D eigenvalue weighted by Gasteiger charge is 2.16. The van der Waals surface area contributed by atoms with Crippen molar-refractivity contribution in [3.63, 3.8) is 0 Å². The predicted octanol–water partition coefficient (Wildman–Crippen LogP) is 4.46. The first-order chi connectivity index (χ1) is 14.2. The number of aryl methyl sites for hydroxylation is 2. The smallest absolute Gasteiger partial charge is 0.234 e. The second-order valence-electron chi connectivity index (χ2n) is 6.62. The van der Waals surface area contributed by atoms with Crippen LogP contribution in [0.2, 0.25) is 0 Å². The third-order valence-corrected chi connectivity index (χ3v) is 5.77. The van der Waals surface area contributed by atoms with Gasteiger partial charge in [0.15, 0.2) is 16.7 Å². The number of rotatable bonds is 7. The third kappa shape index (κ3) is 4.10. The standard InChI is InChI=1S/C22H23N3O3S/c1-3-15-6-5-7-16(4-2)21(15)25-11-10-23-22(25)29-13-20(26)24-17-8-9-18-19(12-17)28-14-27-18/h5-12H,3-4,13-14H2,1-2H3,(H,24,26). The van der Waals surface area contributed by atoms with Crippen LogP contribution in [0.1, 0.15) is 25.0 Å². The molecule has 0 bridgehead atoms. The van der Waals surface area contributed by atoms with E-state index >= 15 is 0 Å². The maximum atomic E-state index is 12.5. The topological polar surface area (TPSA) is 65.4 Å². The van der Waals surface area contributed by atoms with Crippen LogP contribution in [-0.2, 0) is 17.6 Å². The Morgan fingerprint density at radius 1 is 1.14 bits per heavy atom. The highest BCUT2D eigenvalue weighted by atomic mass is 32.2. The summed E-state index contributed by atoms with van der Waals surface area (Å²) in [4.78, 5) is 16.9. The van der Waals surface area contributed by atoms with Crippen molar-refractivity contribution >= 4 is 23.4 Å². The van der Waals surface area contributed by atoms with Gasteiger partial charge in [-0.25, -0.2) is 4.98 Å². The minimum Gasteiger partial charge on any atom is -0.454 e. The maximum absolute atomic E-state index is 12.5. The van der Waals surface area contributed by atoms with Crippen molar-refractivity contribution in [3.8, 4) is 17.2 Å². The van der Waals surface area contributed by atoms with Crippen LogP contribution in [0.15, 0.2) is 53.9 Å². The van der Waals surface area contributed by atoms with Gasteiger partial charge < -0.3 is 14.8 Å². The van der Waals surface area contributed by atoms with Crippen LogP contribution < -0.4 is 14.8 Å². The molecular formula is C22H23N3O3S. The number of ether oxygens (including phenoxy) is 2. The molecule has 0 fully saturated rings. The summed E-state index contributed by atoms with van der Waals surface area (Å²) in [7, 11) is 0. The Bertz CT molecular complexity index is 1010. The number of amides is 1. The molecule has 1 aliphatic heterocycles. The zero-order valence-corrected chi connectivity index (χ0v) is 17.3. The highest BCUT2D eigenvalue weighted by molar-refractivity contribution is 7.99. The van der Waals surface area contributed by atoms with Crippen molar-refractivity contribution in [2.45, 2.75) is 31.8 Å². The van der Waals surface area contributed by atoms with Gasteiger partial charge in [0.2, 0.25) is 12.7 Å². The Labute approximate surface area is 174 Å². The predicted molar refractivity (Wildman–Crippen MR) is 114 cm³/mol. The monoisotopic (exact) mass is 409 g/mol. The fourth-order valence-corrected chi connectivity index (χ4v) is 4.15. The van der Waals surface area contributed by atoms with E-state index in [-0.39, 0.29) is 18.5 Å². The molecule has 29 heavy (non-hydrogen) atoms. The van der Waals surface area contributed by atoms with Crippen LogP contribution in [0.5, 0.6) is 11.5 Å². The number of benzene rings is 2. The molecule has 0 radical (unpaired) electrons. The molecule has 0 saturated heterocycles. The molecule has 1 aromatic heterocycles. The van der Waals surface area contributed by atoms with E-state index < -0.39 is 0 Å². The van der Waals surface area contributed by atoms with Gasteiger partial charge >= 0.3 is 0 Å². The Balaban J connectivity index is 1.47. The third-order valence-electron chi connectivity index (χ3n) is 4.80. The van der Waals surface area contributed by atoms with Gasteiger partial charge in [0.25, 0.3) is 0 Å². The van der Waals surface area contributed by atoms with Gasteiger partial charge in [-0.15, -0.1) is 0 Å². The lowest BCUT2D eigenvalue weighted by atomic mass is 10.0. The van der Waals surface area contributed by atoms with Gasteiger partial charge in [-0.2, -0.15) is 0 Å². The average molecular weight is 410 g/mol. The largest absolute Gasteiger partial charge is 0.454 e. The molecular weight excluding hydrogens is 386 g/mol. The molecule has 0 atom stereocenters. The van der Waals surface area contributed by atoms with Crippen LogP contribution in [-0.4, -0.2) is 28.0 Å². The van der Waals surface area contributed by atoms with Crippen LogP contribution in [0.4, 0.5) is 5.69 Å². The minimum absolute atomic E-state index is 0.0945. The van der Waals surface area contributed by atoms with Crippen molar-refractivity contribution in [3.05, 3.63) is 59.9 Å². The fourth-order valence-electron chi connectivity index (χ4n) is 3.39. The molecule has 4 rings (SSSR count). The molecule has 2 aromatic carbocycles. The van der Waals surface area contributed by atoms with Crippen LogP contribution >= 0.6 is 11.8 Å². The Morgan fingerprint density at radius 2 is 1.90 bits per heavy atom. The van der Waals surface area contributed by atoms with Gasteiger partial charge in [-0.3, -0.25) is 9.36 Å². The van der Waals surface area contributed by atoms with E-state index in [1.54, 1.807) is 18.3 Å². The maximum Gasteiger partial charge on any atom is 0.234 e. The lowest BCUT2D eigenvalue weighted by molar-refractivity contribution is -0.113. The van der Waals surface area contributed by atoms with E-state index in [2.05, 4.69) is 46.9 Å². The number of carbonyl (C=O) groups excluding carboxylic acids is 1. The van der Waals surface area contributed by atoms with Crippen LogP contribution in [0.3, 0.4) is 0 Å². The first-order valence-corrected chi connectivity index (χ1v) is 10.6. The minimum atomic E-state index is -0.0945. The zero-order chi connectivity index (χ0) is 20.2. The molecule has 0 aliphatic carbocycles.